The molecule has 0 atom stereocenters. The summed E-state index contributed by atoms with van der Waals surface area (Å²) in [6.07, 6.45) is 3.64. The van der Waals surface area contributed by atoms with Gasteiger partial charge in [0.15, 0.2) is 0 Å². The van der Waals surface area contributed by atoms with Crippen LogP contribution in [0.2, 0.25) is 25.7 Å². The Labute approximate surface area is 109 Å². The average molecular weight is 263 g/mol. The van der Waals surface area contributed by atoms with E-state index in [1.165, 1.54) is 6.04 Å². The van der Waals surface area contributed by atoms with E-state index in [0.717, 1.165) is 23.3 Å². The van der Waals surface area contributed by atoms with Crippen molar-refractivity contribution in [2.24, 2.45) is 0 Å². The molecule has 0 aromatic carbocycles. The molecule has 0 amide bonds. The Hall–Kier alpha value is -1.20. The highest BCUT2D eigenvalue weighted by atomic mass is 28.3. The number of hydrogen-bond donors (Lipinski definition) is 0. The van der Waals surface area contributed by atoms with Crippen molar-refractivity contribution in [3.05, 3.63) is 24.3 Å². The summed E-state index contributed by atoms with van der Waals surface area (Å²) in [6, 6.07) is 3.18. The van der Waals surface area contributed by atoms with Crippen molar-refractivity contribution in [1.82, 2.24) is 14.5 Å². The minimum Gasteiger partial charge on any atom is -0.361 e. The van der Waals surface area contributed by atoms with Crippen LogP contribution in [0.3, 0.4) is 0 Å². The summed E-state index contributed by atoms with van der Waals surface area (Å²) in [5.41, 5.74) is 3.02. The number of fused-ring (bicyclic) bond motifs is 1. The Balaban J connectivity index is 1.98. The molecule has 0 bridgehead atoms. The zero-order valence-corrected chi connectivity index (χ0v) is 12.6. The quantitative estimate of drug-likeness (QED) is 0.615. The highest BCUT2D eigenvalue weighted by Crippen LogP contribution is 2.15. The van der Waals surface area contributed by atoms with Gasteiger partial charge in [-0.1, -0.05) is 19.6 Å². The number of rotatable bonds is 5. The zero-order chi connectivity index (χ0) is 13.2. The monoisotopic (exact) mass is 263 g/mol. The molecule has 0 spiro atoms. The van der Waals surface area contributed by atoms with E-state index in [9.17, 15) is 0 Å². The van der Waals surface area contributed by atoms with Gasteiger partial charge >= 0.3 is 0 Å². The van der Waals surface area contributed by atoms with E-state index in [0.29, 0.717) is 6.73 Å². The second kappa shape index (κ2) is 5.20. The third-order valence-electron chi connectivity index (χ3n) is 2.95. The van der Waals surface area contributed by atoms with Crippen molar-refractivity contribution in [3.63, 3.8) is 0 Å². The van der Waals surface area contributed by atoms with Gasteiger partial charge in [-0.2, -0.15) is 0 Å². The van der Waals surface area contributed by atoms with Crippen molar-refractivity contribution in [2.75, 3.05) is 6.61 Å². The molecule has 2 aromatic rings. The number of hydrogen-bond acceptors (Lipinski definition) is 3. The van der Waals surface area contributed by atoms with E-state index in [-0.39, 0.29) is 0 Å². The molecule has 0 aliphatic rings. The molecule has 0 saturated heterocycles. The van der Waals surface area contributed by atoms with Crippen LogP contribution < -0.4 is 0 Å². The molecule has 0 saturated carbocycles. The lowest BCUT2D eigenvalue weighted by Gasteiger charge is -2.15. The van der Waals surface area contributed by atoms with E-state index in [2.05, 4.69) is 29.6 Å². The number of imidazole rings is 1. The second-order valence-electron chi connectivity index (χ2n) is 5.83. The lowest BCUT2D eigenvalue weighted by molar-refractivity contribution is 0.0898. The minimum atomic E-state index is -1.00. The SMILES string of the molecule is Cc1nccc2c1ncn2COCC[Si](C)(C)C. The van der Waals surface area contributed by atoms with Crippen molar-refractivity contribution >= 4 is 19.1 Å². The zero-order valence-electron chi connectivity index (χ0n) is 11.6. The van der Waals surface area contributed by atoms with Gasteiger partial charge in [-0.05, 0) is 19.0 Å². The topological polar surface area (TPSA) is 39.9 Å². The molecule has 0 N–H and O–H groups in total. The molecule has 5 heteroatoms. The molecule has 2 rings (SSSR count). The first-order valence-corrected chi connectivity index (χ1v) is 10.0. The fraction of sp³-hybridized carbons (Fsp3) is 0.538. The van der Waals surface area contributed by atoms with E-state index in [4.69, 9.17) is 4.74 Å². The molecule has 0 radical (unpaired) electrons. The molecule has 18 heavy (non-hydrogen) atoms. The maximum Gasteiger partial charge on any atom is 0.124 e. The number of pyridine rings is 1. The van der Waals surface area contributed by atoms with Gasteiger partial charge in [0, 0.05) is 20.9 Å². The van der Waals surface area contributed by atoms with Crippen LogP contribution in [-0.2, 0) is 11.5 Å². The van der Waals surface area contributed by atoms with Crippen LogP contribution in [0.4, 0.5) is 0 Å². The fourth-order valence-electron chi connectivity index (χ4n) is 1.77. The molecule has 0 aliphatic carbocycles. The first-order valence-electron chi connectivity index (χ1n) is 6.31. The summed E-state index contributed by atoms with van der Waals surface area (Å²) in [6.45, 7) is 10.5. The number of ether oxygens (including phenoxy) is 1. The summed E-state index contributed by atoms with van der Waals surface area (Å²) in [5, 5.41) is 0. The van der Waals surface area contributed by atoms with Crippen LogP contribution in [0.15, 0.2) is 18.6 Å². The highest BCUT2D eigenvalue weighted by molar-refractivity contribution is 6.76. The van der Waals surface area contributed by atoms with Crippen LogP contribution in [0.1, 0.15) is 5.69 Å². The molecule has 4 nitrogen and oxygen atoms in total. The van der Waals surface area contributed by atoms with Gasteiger partial charge in [0.1, 0.15) is 12.2 Å². The van der Waals surface area contributed by atoms with Crippen LogP contribution in [0.5, 0.6) is 0 Å². The number of nitrogens with zero attached hydrogens (tertiary/aromatic N) is 3. The van der Waals surface area contributed by atoms with Crippen molar-refractivity contribution < 1.29 is 4.74 Å². The number of aryl methyl sites for hydroxylation is 1. The molecular formula is C13H21N3OSi. The third-order valence-corrected chi connectivity index (χ3v) is 4.65. The summed E-state index contributed by atoms with van der Waals surface area (Å²) >= 11 is 0. The predicted molar refractivity (Wildman–Crippen MR) is 76.4 cm³/mol. The van der Waals surface area contributed by atoms with Crippen molar-refractivity contribution in [1.29, 1.82) is 0 Å². The van der Waals surface area contributed by atoms with Gasteiger partial charge in [-0.25, -0.2) is 4.98 Å². The summed E-state index contributed by atoms with van der Waals surface area (Å²) in [5.74, 6) is 0. The maximum absolute atomic E-state index is 5.74. The van der Waals surface area contributed by atoms with Gasteiger partial charge in [0.05, 0.1) is 17.5 Å². The Morgan fingerprint density at radius 2 is 2.06 bits per heavy atom. The Morgan fingerprint density at radius 1 is 1.28 bits per heavy atom. The van der Waals surface area contributed by atoms with Gasteiger partial charge in [-0.15, -0.1) is 0 Å². The summed E-state index contributed by atoms with van der Waals surface area (Å²) in [4.78, 5) is 8.61. The first kappa shape index (κ1) is 13.2. The Kier molecular flexibility index (Phi) is 3.82. The summed E-state index contributed by atoms with van der Waals surface area (Å²) < 4.78 is 7.78. The van der Waals surface area contributed by atoms with Crippen LogP contribution >= 0.6 is 0 Å². The third kappa shape index (κ3) is 3.17. The maximum atomic E-state index is 5.74. The van der Waals surface area contributed by atoms with Crippen molar-refractivity contribution in [3.8, 4) is 0 Å². The largest absolute Gasteiger partial charge is 0.361 e. The predicted octanol–water partition coefficient (Wildman–Crippen LogP) is 3.05. The average Bonchev–Trinajstić information content (AvgIpc) is 2.68. The van der Waals surface area contributed by atoms with E-state index in [1.807, 2.05) is 30.1 Å². The lowest BCUT2D eigenvalue weighted by Crippen LogP contribution is -2.21. The first-order chi connectivity index (χ1) is 8.47. The smallest absolute Gasteiger partial charge is 0.124 e. The van der Waals surface area contributed by atoms with Crippen LogP contribution in [-0.4, -0.2) is 29.2 Å². The molecule has 2 heterocycles. The van der Waals surface area contributed by atoms with Gasteiger partial charge < -0.3 is 9.30 Å². The lowest BCUT2D eigenvalue weighted by atomic mass is 10.3. The van der Waals surface area contributed by atoms with E-state index in [1.54, 1.807) is 0 Å². The Bertz CT molecular complexity index is 531. The van der Waals surface area contributed by atoms with E-state index < -0.39 is 8.07 Å². The molecule has 98 valence electrons. The Morgan fingerprint density at radius 3 is 2.78 bits per heavy atom. The van der Waals surface area contributed by atoms with Gasteiger partial charge in [0.2, 0.25) is 0 Å². The van der Waals surface area contributed by atoms with Crippen molar-refractivity contribution in [2.45, 2.75) is 39.3 Å². The molecular weight excluding hydrogens is 242 g/mol. The molecule has 2 aromatic heterocycles. The normalized spacial score (nSPS) is 12.2. The molecule has 0 fully saturated rings. The van der Waals surface area contributed by atoms with Crippen LogP contribution in [0, 0.1) is 6.92 Å². The highest BCUT2D eigenvalue weighted by Gasteiger charge is 2.12. The minimum absolute atomic E-state index is 0.574. The van der Waals surface area contributed by atoms with Gasteiger partial charge in [-0.3, -0.25) is 4.98 Å². The molecule has 0 unspecified atom stereocenters. The fourth-order valence-corrected chi connectivity index (χ4v) is 2.53. The van der Waals surface area contributed by atoms with E-state index >= 15 is 0 Å². The second-order valence-corrected chi connectivity index (χ2v) is 11.4. The number of aromatic nitrogens is 3. The molecule has 0 aliphatic heterocycles. The summed E-state index contributed by atoms with van der Waals surface area (Å²) in [7, 11) is -1.00. The van der Waals surface area contributed by atoms with Gasteiger partial charge in [0.25, 0.3) is 0 Å². The van der Waals surface area contributed by atoms with Crippen LogP contribution in [0.25, 0.3) is 11.0 Å². The standard InChI is InChI=1S/C13H21N3OSi/c1-11-13-12(5-6-14-11)16(9-15-13)10-17-7-8-18(2,3)4/h5-6,9H,7-8,10H2,1-4H3.